The first-order chi connectivity index (χ1) is 16.2. The molecule has 1 amide bonds. The minimum Gasteiger partial charge on any atom is -0.481 e. The molecule has 4 rings (SSSR count). The molecule has 0 unspecified atom stereocenters. The molecule has 0 spiro atoms. The molecule has 1 atom stereocenters. The Morgan fingerprint density at radius 1 is 1.09 bits per heavy atom. The van der Waals surface area contributed by atoms with Crippen molar-refractivity contribution in [2.45, 2.75) is 77.9 Å². The van der Waals surface area contributed by atoms with Crippen LogP contribution in [0.4, 0.5) is 0 Å². The van der Waals surface area contributed by atoms with Gasteiger partial charge in [0.05, 0.1) is 6.54 Å². The zero-order chi connectivity index (χ0) is 24.3. The summed E-state index contributed by atoms with van der Waals surface area (Å²) in [7, 11) is 1.74. The normalized spacial score (nSPS) is 14.4. The van der Waals surface area contributed by atoms with Crippen LogP contribution in [-0.2, 0) is 29.6 Å². The minimum absolute atomic E-state index is 0.0843. The van der Waals surface area contributed by atoms with E-state index in [4.69, 9.17) is 9.26 Å². The number of rotatable bonds is 7. The van der Waals surface area contributed by atoms with Gasteiger partial charge in [-0.1, -0.05) is 63.2 Å². The number of amides is 1. The lowest BCUT2D eigenvalue weighted by atomic mass is 9.87. The van der Waals surface area contributed by atoms with Crippen LogP contribution in [0.3, 0.4) is 0 Å². The summed E-state index contributed by atoms with van der Waals surface area (Å²) in [6, 6.07) is 14.4. The van der Waals surface area contributed by atoms with Crippen molar-refractivity contribution in [3.05, 3.63) is 65.0 Å². The van der Waals surface area contributed by atoms with E-state index in [1.165, 1.54) is 29.5 Å². The van der Waals surface area contributed by atoms with Gasteiger partial charge in [0.15, 0.2) is 6.10 Å². The summed E-state index contributed by atoms with van der Waals surface area (Å²) in [6.07, 6.45) is 4.68. The van der Waals surface area contributed by atoms with Gasteiger partial charge in [-0.15, -0.1) is 0 Å². The SMILES string of the molecule is CC[C@H](Oc1ccc2c(c1)CCCC2)C(=O)N(C)Cc1nc(-c2ccc(C(C)(C)C)cc2)no1. The number of aromatic nitrogens is 2. The molecule has 0 saturated carbocycles. The number of carbonyl (C=O) groups is 1. The summed E-state index contributed by atoms with van der Waals surface area (Å²) in [4.78, 5) is 19.2. The van der Waals surface area contributed by atoms with Crippen LogP contribution in [-0.4, -0.2) is 34.1 Å². The van der Waals surface area contributed by atoms with Crippen molar-refractivity contribution in [3.8, 4) is 17.1 Å². The highest BCUT2D eigenvalue weighted by Gasteiger charge is 2.25. The van der Waals surface area contributed by atoms with Gasteiger partial charge in [0.1, 0.15) is 5.75 Å². The number of hydrogen-bond donors (Lipinski definition) is 0. The maximum absolute atomic E-state index is 13.1. The van der Waals surface area contributed by atoms with Crippen LogP contribution in [0.25, 0.3) is 11.4 Å². The van der Waals surface area contributed by atoms with Crippen molar-refractivity contribution >= 4 is 5.91 Å². The molecule has 0 saturated heterocycles. The highest BCUT2D eigenvalue weighted by atomic mass is 16.5. The fourth-order valence-corrected chi connectivity index (χ4v) is 4.34. The number of benzene rings is 2. The Kier molecular flexibility index (Phi) is 7.05. The highest BCUT2D eigenvalue weighted by molar-refractivity contribution is 5.81. The average Bonchev–Trinajstić information content (AvgIpc) is 3.30. The Hall–Kier alpha value is -3.15. The molecule has 0 aliphatic heterocycles. The summed E-state index contributed by atoms with van der Waals surface area (Å²) in [5.41, 5.74) is 4.96. The molecule has 1 heterocycles. The molecule has 180 valence electrons. The Balaban J connectivity index is 1.39. The van der Waals surface area contributed by atoms with E-state index in [9.17, 15) is 4.79 Å². The molecular formula is C28H35N3O3. The van der Waals surface area contributed by atoms with Gasteiger partial charge in [-0.3, -0.25) is 4.79 Å². The standard InChI is InChI=1S/C28H35N3O3/c1-6-24(33-23-16-13-19-9-7-8-10-21(19)17-23)27(32)31(5)18-25-29-26(30-34-25)20-11-14-22(15-12-20)28(2,3)4/h11-17,24H,6-10,18H2,1-5H3/t24-/m0/s1. The van der Waals surface area contributed by atoms with E-state index in [-0.39, 0.29) is 17.9 Å². The molecule has 0 N–H and O–H groups in total. The van der Waals surface area contributed by atoms with E-state index in [1.54, 1.807) is 11.9 Å². The third kappa shape index (κ3) is 5.49. The van der Waals surface area contributed by atoms with Gasteiger partial charge >= 0.3 is 0 Å². The molecule has 1 aromatic heterocycles. The Labute approximate surface area is 202 Å². The first-order valence-electron chi connectivity index (χ1n) is 12.2. The van der Waals surface area contributed by atoms with E-state index >= 15 is 0 Å². The number of nitrogens with zero attached hydrogens (tertiary/aromatic N) is 3. The van der Waals surface area contributed by atoms with Gasteiger partial charge in [-0.05, 0) is 66.3 Å². The summed E-state index contributed by atoms with van der Waals surface area (Å²) in [6.45, 7) is 8.73. The lowest BCUT2D eigenvalue weighted by molar-refractivity contribution is -0.138. The molecule has 0 radical (unpaired) electrons. The van der Waals surface area contributed by atoms with Gasteiger partial charge in [-0.2, -0.15) is 4.98 Å². The van der Waals surface area contributed by atoms with E-state index in [1.807, 2.05) is 25.1 Å². The maximum Gasteiger partial charge on any atom is 0.263 e. The average molecular weight is 462 g/mol. The Morgan fingerprint density at radius 2 is 1.79 bits per heavy atom. The van der Waals surface area contributed by atoms with Gasteiger partial charge in [0.2, 0.25) is 11.7 Å². The van der Waals surface area contributed by atoms with E-state index in [0.29, 0.717) is 18.1 Å². The monoisotopic (exact) mass is 461 g/mol. The zero-order valence-corrected chi connectivity index (χ0v) is 20.9. The van der Waals surface area contributed by atoms with Crippen LogP contribution in [0, 0.1) is 0 Å². The van der Waals surface area contributed by atoms with Crippen molar-refractivity contribution in [2.75, 3.05) is 7.05 Å². The molecule has 1 aliphatic carbocycles. The predicted octanol–water partition coefficient (Wildman–Crippen LogP) is 5.73. The zero-order valence-electron chi connectivity index (χ0n) is 20.9. The van der Waals surface area contributed by atoms with Gasteiger partial charge in [0.25, 0.3) is 5.91 Å². The lowest BCUT2D eigenvalue weighted by Crippen LogP contribution is -2.39. The first-order valence-corrected chi connectivity index (χ1v) is 12.2. The predicted molar refractivity (Wildman–Crippen MR) is 133 cm³/mol. The topological polar surface area (TPSA) is 68.5 Å². The fourth-order valence-electron chi connectivity index (χ4n) is 4.34. The second-order valence-electron chi connectivity index (χ2n) is 10.2. The van der Waals surface area contributed by atoms with Crippen molar-refractivity contribution in [1.82, 2.24) is 15.0 Å². The summed E-state index contributed by atoms with van der Waals surface area (Å²) >= 11 is 0. The molecular weight excluding hydrogens is 426 g/mol. The number of likely N-dealkylation sites (N-methyl/N-ethyl adjacent to an activating group) is 1. The summed E-state index contributed by atoms with van der Waals surface area (Å²) in [5.74, 6) is 1.57. The van der Waals surface area contributed by atoms with E-state index in [0.717, 1.165) is 24.2 Å². The second kappa shape index (κ2) is 10.00. The minimum atomic E-state index is -0.557. The Bertz CT molecular complexity index is 1130. The molecule has 3 aromatic rings. The van der Waals surface area contributed by atoms with E-state index in [2.05, 4.69) is 55.2 Å². The van der Waals surface area contributed by atoms with Crippen molar-refractivity contribution in [2.24, 2.45) is 0 Å². The van der Waals surface area contributed by atoms with Crippen LogP contribution in [0.1, 0.15) is 69.5 Å². The smallest absolute Gasteiger partial charge is 0.263 e. The van der Waals surface area contributed by atoms with Gasteiger partial charge in [-0.25, -0.2) is 0 Å². The fraction of sp³-hybridized carbons (Fsp3) is 0.464. The molecule has 0 fully saturated rings. The number of carbonyl (C=O) groups excluding carboxylic acids is 1. The molecule has 34 heavy (non-hydrogen) atoms. The highest BCUT2D eigenvalue weighted by Crippen LogP contribution is 2.27. The number of aryl methyl sites for hydroxylation is 2. The van der Waals surface area contributed by atoms with Crippen molar-refractivity contribution in [1.29, 1.82) is 0 Å². The Morgan fingerprint density at radius 3 is 2.47 bits per heavy atom. The van der Waals surface area contributed by atoms with Crippen molar-refractivity contribution in [3.63, 3.8) is 0 Å². The van der Waals surface area contributed by atoms with Crippen LogP contribution < -0.4 is 4.74 Å². The third-order valence-corrected chi connectivity index (χ3v) is 6.47. The van der Waals surface area contributed by atoms with Crippen LogP contribution in [0.15, 0.2) is 47.0 Å². The molecule has 6 nitrogen and oxygen atoms in total. The number of fused-ring (bicyclic) bond motifs is 1. The number of ether oxygens (including phenoxy) is 1. The molecule has 1 aliphatic rings. The van der Waals surface area contributed by atoms with Gasteiger partial charge in [0, 0.05) is 12.6 Å². The summed E-state index contributed by atoms with van der Waals surface area (Å²) in [5, 5.41) is 4.11. The number of hydrogen-bond acceptors (Lipinski definition) is 5. The van der Waals surface area contributed by atoms with Crippen molar-refractivity contribution < 1.29 is 14.1 Å². The second-order valence-corrected chi connectivity index (χ2v) is 10.2. The van der Waals surface area contributed by atoms with Crippen LogP contribution >= 0.6 is 0 Å². The summed E-state index contributed by atoms with van der Waals surface area (Å²) < 4.78 is 11.5. The first kappa shape index (κ1) is 24.0. The molecule has 0 bridgehead atoms. The quantitative estimate of drug-likeness (QED) is 0.449. The maximum atomic E-state index is 13.1. The van der Waals surface area contributed by atoms with E-state index < -0.39 is 6.10 Å². The van der Waals surface area contributed by atoms with Crippen LogP contribution in [0.5, 0.6) is 5.75 Å². The lowest BCUT2D eigenvalue weighted by Gasteiger charge is -2.24. The van der Waals surface area contributed by atoms with Crippen LogP contribution in [0.2, 0.25) is 0 Å². The third-order valence-electron chi connectivity index (χ3n) is 6.47. The largest absolute Gasteiger partial charge is 0.481 e. The van der Waals surface area contributed by atoms with Gasteiger partial charge < -0.3 is 14.2 Å². The molecule has 6 heteroatoms. The molecule has 2 aromatic carbocycles.